The Morgan fingerprint density at radius 1 is 0.857 bits per heavy atom. The van der Waals surface area contributed by atoms with Crippen molar-refractivity contribution in [2.24, 2.45) is 0 Å². The molecule has 4 rings (SSSR count). The zero-order chi connectivity index (χ0) is 19.5. The zero-order valence-electron chi connectivity index (χ0n) is 15.4. The number of carbonyl (C=O) groups is 3. The van der Waals surface area contributed by atoms with E-state index < -0.39 is 0 Å². The van der Waals surface area contributed by atoms with Gasteiger partial charge in [-0.15, -0.1) is 11.8 Å². The van der Waals surface area contributed by atoms with E-state index in [0.717, 1.165) is 10.6 Å². The van der Waals surface area contributed by atoms with Crippen molar-refractivity contribution < 1.29 is 14.4 Å². The highest BCUT2D eigenvalue weighted by Gasteiger charge is 2.26. The maximum absolute atomic E-state index is 12.9. The minimum absolute atomic E-state index is 0.00235. The lowest BCUT2D eigenvalue weighted by atomic mass is 10.1. The number of nitrogens with one attached hydrogen (secondary N) is 1. The molecule has 1 saturated heterocycles. The summed E-state index contributed by atoms with van der Waals surface area (Å²) in [5, 5.41) is 2.88. The van der Waals surface area contributed by atoms with Crippen LogP contribution in [0.3, 0.4) is 0 Å². The molecule has 0 aromatic heterocycles. The molecule has 28 heavy (non-hydrogen) atoms. The highest BCUT2D eigenvalue weighted by molar-refractivity contribution is 7.99. The highest BCUT2D eigenvalue weighted by Crippen LogP contribution is 2.31. The molecule has 0 aliphatic carbocycles. The molecule has 3 amide bonds. The van der Waals surface area contributed by atoms with Gasteiger partial charge in [0.2, 0.25) is 5.91 Å². The molecule has 0 saturated carbocycles. The number of rotatable bonds is 2. The molecule has 2 aliphatic heterocycles. The van der Waals surface area contributed by atoms with Crippen molar-refractivity contribution in [1.29, 1.82) is 0 Å². The molecule has 2 aromatic carbocycles. The number of nitrogens with zero attached hydrogens (tertiary/aromatic N) is 2. The van der Waals surface area contributed by atoms with Crippen molar-refractivity contribution in [3.63, 3.8) is 0 Å². The van der Waals surface area contributed by atoms with Crippen molar-refractivity contribution >= 4 is 35.2 Å². The number of anilines is 1. The van der Waals surface area contributed by atoms with Gasteiger partial charge in [-0.05, 0) is 30.3 Å². The van der Waals surface area contributed by atoms with Gasteiger partial charge < -0.3 is 15.1 Å². The summed E-state index contributed by atoms with van der Waals surface area (Å²) in [5.41, 5.74) is 1.93. The van der Waals surface area contributed by atoms with Crippen molar-refractivity contribution in [3.8, 4) is 0 Å². The van der Waals surface area contributed by atoms with Crippen molar-refractivity contribution in [3.05, 3.63) is 59.7 Å². The van der Waals surface area contributed by atoms with E-state index in [-0.39, 0.29) is 17.7 Å². The quantitative estimate of drug-likeness (QED) is 0.849. The molecule has 2 heterocycles. The predicted molar refractivity (Wildman–Crippen MR) is 109 cm³/mol. The third kappa shape index (κ3) is 3.89. The number of piperazine rings is 1. The number of fused-ring (bicyclic) bond motifs is 1. The van der Waals surface area contributed by atoms with Crippen LogP contribution in [0.4, 0.5) is 5.69 Å². The van der Waals surface area contributed by atoms with Crippen LogP contribution in [0.5, 0.6) is 0 Å². The van der Waals surface area contributed by atoms with E-state index in [2.05, 4.69) is 5.32 Å². The van der Waals surface area contributed by atoms with Gasteiger partial charge in [-0.2, -0.15) is 0 Å². The van der Waals surface area contributed by atoms with Crippen LogP contribution in [0.1, 0.15) is 27.1 Å². The monoisotopic (exact) mass is 395 g/mol. The van der Waals surface area contributed by atoms with Crippen LogP contribution in [0.15, 0.2) is 53.4 Å². The van der Waals surface area contributed by atoms with Gasteiger partial charge in [0, 0.05) is 54.4 Å². The van der Waals surface area contributed by atoms with E-state index in [9.17, 15) is 14.4 Å². The first kappa shape index (κ1) is 18.6. The first-order valence-corrected chi connectivity index (χ1v) is 10.3. The van der Waals surface area contributed by atoms with Crippen molar-refractivity contribution in [1.82, 2.24) is 9.80 Å². The Balaban J connectivity index is 1.42. The Morgan fingerprint density at radius 2 is 1.50 bits per heavy atom. The van der Waals surface area contributed by atoms with Crippen LogP contribution >= 0.6 is 11.8 Å². The summed E-state index contributed by atoms with van der Waals surface area (Å²) in [6.07, 6.45) is 0.472. The van der Waals surface area contributed by atoms with Gasteiger partial charge in [0.15, 0.2) is 0 Å². The van der Waals surface area contributed by atoms with Gasteiger partial charge in [0.25, 0.3) is 11.8 Å². The second-order valence-corrected chi connectivity index (χ2v) is 7.94. The van der Waals surface area contributed by atoms with Crippen LogP contribution in [-0.4, -0.2) is 59.5 Å². The lowest BCUT2D eigenvalue weighted by molar-refractivity contribution is -0.115. The molecule has 6 nitrogen and oxygen atoms in total. The first-order chi connectivity index (χ1) is 13.6. The van der Waals surface area contributed by atoms with E-state index >= 15 is 0 Å². The maximum Gasteiger partial charge on any atom is 0.254 e. The van der Waals surface area contributed by atoms with Crippen molar-refractivity contribution in [2.75, 3.05) is 37.2 Å². The lowest BCUT2D eigenvalue weighted by Gasteiger charge is -2.35. The fourth-order valence-electron chi connectivity index (χ4n) is 3.41. The van der Waals surface area contributed by atoms with Gasteiger partial charge in [-0.25, -0.2) is 0 Å². The summed E-state index contributed by atoms with van der Waals surface area (Å²) < 4.78 is 0. The number of hydrogen-bond donors (Lipinski definition) is 1. The Kier molecular flexibility index (Phi) is 5.34. The molecule has 144 valence electrons. The van der Waals surface area contributed by atoms with E-state index in [1.165, 1.54) is 0 Å². The fraction of sp³-hybridized carbons (Fsp3) is 0.286. The average Bonchev–Trinajstić information content (AvgIpc) is 2.93. The SMILES string of the molecule is O=C1CCSc2ccc(C(=O)N3CCN(C(=O)c4ccccc4)CC3)cc2N1. The fourth-order valence-corrected chi connectivity index (χ4v) is 4.35. The topological polar surface area (TPSA) is 69.7 Å². The molecule has 0 atom stereocenters. The Labute approximate surface area is 167 Å². The summed E-state index contributed by atoms with van der Waals surface area (Å²) in [5.74, 6) is 0.642. The standard InChI is InChI=1S/C21H21N3O3S/c25-19-8-13-28-18-7-6-16(14-17(18)22-19)21(27)24-11-9-23(10-12-24)20(26)15-4-2-1-3-5-15/h1-7,14H,8-13H2,(H,22,25). The third-order valence-corrected chi connectivity index (χ3v) is 6.04. The Hall–Kier alpha value is -2.80. The van der Waals surface area contributed by atoms with Gasteiger partial charge in [0.1, 0.15) is 0 Å². The van der Waals surface area contributed by atoms with E-state index in [1.54, 1.807) is 27.6 Å². The Morgan fingerprint density at radius 3 is 2.18 bits per heavy atom. The Bertz CT molecular complexity index is 908. The molecule has 2 aliphatic rings. The largest absolute Gasteiger partial charge is 0.335 e. The van der Waals surface area contributed by atoms with Crippen molar-refractivity contribution in [2.45, 2.75) is 11.3 Å². The molecular weight excluding hydrogens is 374 g/mol. The average molecular weight is 395 g/mol. The molecule has 0 radical (unpaired) electrons. The summed E-state index contributed by atoms with van der Waals surface area (Å²) in [4.78, 5) is 41.8. The number of benzene rings is 2. The van der Waals surface area contributed by atoms with Crippen LogP contribution in [0.2, 0.25) is 0 Å². The van der Waals surface area contributed by atoms with Gasteiger partial charge >= 0.3 is 0 Å². The second kappa shape index (κ2) is 8.06. The maximum atomic E-state index is 12.9. The zero-order valence-corrected chi connectivity index (χ0v) is 16.2. The van der Waals surface area contributed by atoms with Crippen LogP contribution in [0.25, 0.3) is 0 Å². The third-order valence-electron chi connectivity index (χ3n) is 4.96. The minimum Gasteiger partial charge on any atom is -0.335 e. The molecule has 0 unspecified atom stereocenters. The smallest absolute Gasteiger partial charge is 0.254 e. The molecule has 0 bridgehead atoms. The summed E-state index contributed by atoms with van der Waals surface area (Å²) >= 11 is 1.62. The second-order valence-electron chi connectivity index (χ2n) is 6.81. The molecule has 0 spiro atoms. The van der Waals surface area contributed by atoms with Crippen LogP contribution in [0, 0.1) is 0 Å². The van der Waals surface area contributed by atoms with Gasteiger partial charge in [0.05, 0.1) is 5.69 Å². The normalized spacial score (nSPS) is 16.8. The lowest BCUT2D eigenvalue weighted by Crippen LogP contribution is -2.50. The molecule has 7 heteroatoms. The number of carbonyl (C=O) groups excluding carboxylic acids is 3. The molecule has 1 fully saturated rings. The predicted octanol–water partition coefficient (Wildman–Crippen LogP) is 2.72. The minimum atomic E-state index is -0.0712. The number of thioether (sulfide) groups is 1. The first-order valence-electron chi connectivity index (χ1n) is 9.32. The highest BCUT2D eigenvalue weighted by atomic mass is 32.2. The van der Waals surface area contributed by atoms with Gasteiger partial charge in [-0.3, -0.25) is 14.4 Å². The van der Waals surface area contributed by atoms with Crippen LogP contribution < -0.4 is 5.32 Å². The van der Waals surface area contributed by atoms with Gasteiger partial charge in [-0.1, -0.05) is 18.2 Å². The molecular formula is C21H21N3O3S. The number of hydrogen-bond acceptors (Lipinski definition) is 4. The summed E-state index contributed by atoms with van der Waals surface area (Å²) in [6.45, 7) is 2.01. The van der Waals surface area contributed by atoms with E-state index in [1.807, 2.05) is 42.5 Å². The number of amides is 3. The molecule has 1 N–H and O–H groups in total. The van der Waals surface area contributed by atoms with E-state index in [0.29, 0.717) is 49.4 Å². The van der Waals surface area contributed by atoms with E-state index in [4.69, 9.17) is 0 Å². The summed E-state index contributed by atoms with van der Waals surface area (Å²) in [7, 11) is 0. The molecule has 2 aromatic rings. The van der Waals surface area contributed by atoms with Crippen LogP contribution in [-0.2, 0) is 4.79 Å². The summed E-state index contributed by atoms with van der Waals surface area (Å²) in [6, 6.07) is 14.7.